The van der Waals surface area contributed by atoms with Crippen LogP contribution in [0.4, 0.5) is 11.4 Å². The lowest BCUT2D eigenvalue weighted by Crippen LogP contribution is -2.35. The highest BCUT2D eigenvalue weighted by Gasteiger charge is 2.13. The minimum atomic E-state index is -0.0461. The highest BCUT2D eigenvalue weighted by molar-refractivity contribution is 5.89. The molecule has 312 valence electrons. The summed E-state index contributed by atoms with van der Waals surface area (Å²) in [6.07, 6.45) is 1.93. The van der Waals surface area contributed by atoms with Crippen LogP contribution in [0.15, 0.2) is 84.9 Å². The van der Waals surface area contributed by atoms with Gasteiger partial charge in [-0.2, -0.15) is 0 Å². The summed E-state index contributed by atoms with van der Waals surface area (Å²) in [5.74, 6) is 1.91. The van der Waals surface area contributed by atoms with Gasteiger partial charge in [0.2, 0.25) is 11.8 Å². The summed E-state index contributed by atoms with van der Waals surface area (Å²) in [7, 11) is 4.26. The predicted octanol–water partition coefficient (Wildman–Crippen LogP) is 8.85. The highest BCUT2D eigenvalue weighted by Crippen LogP contribution is 2.24. The highest BCUT2D eigenvalue weighted by atomic mass is 35.5. The van der Waals surface area contributed by atoms with Crippen molar-refractivity contribution >= 4 is 60.4 Å². The molecule has 0 aliphatic rings. The maximum atomic E-state index is 11.1. The molecular weight excluding hydrogens is 771 g/mol. The lowest BCUT2D eigenvalue weighted by Gasteiger charge is -2.25. The van der Waals surface area contributed by atoms with Gasteiger partial charge in [-0.3, -0.25) is 19.4 Å². The Kier molecular flexibility index (Phi) is 26.9. The fraction of sp³-hybridized carbons (Fsp3) is 0.409. The maximum Gasteiger partial charge on any atom is 0.221 e. The first-order chi connectivity index (χ1) is 24.7. The largest absolute Gasteiger partial charge is 0.491 e. The van der Waals surface area contributed by atoms with Crippen LogP contribution in [0.5, 0.6) is 11.5 Å². The van der Waals surface area contributed by atoms with Crippen molar-refractivity contribution in [3.05, 3.63) is 118 Å². The Morgan fingerprint density at radius 3 is 1.11 bits per heavy atom. The first-order valence-electron chi connectivity index (χ1n) is 18.2. The van der Waals surface area contributed by atoms with E-state index >= 15 is 0 Å². The molecule has 0 fully saturated rings. The number of para-hydroxylation sites is 2. The first-order valence-corrected chi connectivity index (χ1v) is 18.2. The standard InChI is InChI=1S/2C22H30N2O2.3ClH.H2O/c2*1-16-7-6-8-17(2)22(16)26-15-18(3)24(5)14-13-20-9-11-21(12-10-20)23-19(4)25;;;;/h2*6-12,18H,13-15H2,1-5H3,(H,23,25);3*1H;1H2. The zero-order valence-corrected chi connectivity index (χ0v) is 37.2. The van der Waals surface area contributed by atoms with Gasteiger partial charge in [0.25, 0.3) is 0 Å². The Balaban J connectivity index is 0. The number of anilines is 2. The van der Waals surface area contributed by atoms with Crippen LogP contribution in [0, 0.1) is 27.7 Å². The second-order valence-electron chi connectivity index (χ2n) is 14.0. The van der Waals surface area contributed by atoms with Crippen molar-refractivity contribution in [2.75, 3.05) is 51.0 Å². The molecule has 4 aromatic carbocycles. The molecule has 9 nitrogen and oxygen atoms in total. The van der Waals surface area contributed by atoms with Gasteiger partial charge in [0.15, 0.2) is 0 Å². The molecule has 0 heterocycles. The van der Waals surface area contributed by atoms with E-state index in [1.54, 1.807) is 0 Å². The lowest BCUT2D eigenvalue weighted by molar-refractivity contribution is -0.115. The molecule has 12 heteroatoms. The number of ether oxygens (including phenoxy) is 2. The molecule has 0 aromatic heterocycles. The zero-order chi connectivity index (χ0) is 38.2. The number of nitrogens with one attached hydrogen (secondary N) is 2. The number of carbonyl (C=O) groups excluding carboxylic acids is 2. The van der Waals surface area contributed by atoms with Gasteiger partial charge in [-0.15, -0.1) is 37.2 Å². The third-order valence-electron chi connectivity index (χ3n) is 9.32. The van der Waals surface area contributed by atoms with Crippen molar-refractivity contribution in [1.82, 2.24) is 9.80 Å². The smallest absolute Gasteiger partial charge is 0.221 e. The minimum Gasteiger partial charge on any atom is -0.491 e. The minimum absolute atomic E-state index is 0. The van der Waals surface area contributed by atoms with E-state index in [2.05, 4.69) is 137 Å². The van der Waals surface area contributed by atoms with E-state index in [0.717, 1.165) is 48.8 Å². The van der Waals surface area contributed by atoms with Crippen LogP contribution in [0.25, 0.3) is 0 Å². The molecule has 4 aromatic rings. The molecule has 0 bridgehead atoms. The van der Waals surface area contributed by atoms with Gasteiger partial charge in [0.1, 0.15) is 24.7 Å². The van der Waals surface area contributed by atoms with Crippen LogP contribution in [0.3, 0.4) is 0 Å². The summed E-state index contributed by atoms with van der Waals surface area (Å²) < 4.78 is 12.1. The van der Waals surface area contributed by atoms with E-state index in [0.29, 0.717) is 25.3 Å². The molecule has 56 heavy (non-hydrogen) atoms. The quantitative estimate of drug-likeness (QED) is 0.117. The van der Waals surface area contributed by atoms with Gasteiger partial charge in [0.05, 0.1) is 0 Å². The number of aryl methyl sites for hydroxylation is 4. The van der Waals surface area contributed by atoms with Crippen molar-refractivity contribution in [2.45, 2.75) is 80.3 Å². The van der Waals surface area contributed by atoms with Gasteiger partial charge in [-0.25, -0.2) is 0 Å². The number of benzene rings is 4. The molecule has 2 amide bonds. The summed E-state index contributed by atoms with van der Waals surface area (Å²) in [6, 6.07) is 29.2. The average Bonchev–Trinajstić information content (AvgIpc) is 3.10. The van der Waals surface area contributed by atoms with Gasteiger partial charge in [-0.1, -0.05) is 60.7 Å². The van der Waals surface area contributed by atoms with Crippen LogP contribution in [-0.2, 0) is 22.4 Å². The van der Waals surface area contributed by atoms with Crippen molar-refractivity contribution in [3.63, 3.8) is 0 Å². The van der Waals surface area contributed by atoms with E-state index in [4.69, 9.17) is 9.47 Å². The number of likely N-dealkylation sites (N-methyl/N-ethyl adjacent to an activating group) is 2. The van der Waals surface area contributed by atoms with Crippen molar-refractivity contribution in [3.8, 4) is 11.5 Å². The molecule has 0 saturated carbocycles. The van der Waals surface area contributed by atoms with E-state index in [-0.39, 0.29) is 54.5 Å². The van der Waals surface area contributed by atoms with E-state index < -0.39 is 0 Å². The molecule has 4 N–H and O–H groups in total. The van der Waals surface area contributed by atoms with E-state index in [9.17, 15) is 9.59 Å². The lowest BCUT2D eigenvalue weighted by atomic mass is 10.1. The van der Waals surface area contributed by atoms with Gasteiger partial charge >= 0.3 is 0 Å². The molecule has 0 radical (unpaired) electrons. The van der Waals surface area contributed by atoms with E-state index in [1.165, 1.54) is 47.2 Å². The molecule has 4 rings (SSSR count). The number of nitrogens with zero attached hydrogens (tertiary/aromatic N) is 2. The molecule has 2 atom stereocenters. The number of amides is 2. The maximum absolute atomic E-state index is 11.1. The average molecular weight is 836 g/mol. The predicted molar refractivity (Wildman–Crippen MR) is 241 cm³/mol. The van der Waals surface area contributed by atoms with Crippen molar-refractivity contribution < 1.29 is 24.5 Å². The molecule has 0 aliphatic heterocycles. The Morgan fingerprint density at radius 1 is 0.554 bits per heavy atom. The monoisotopic (exact) mass is 834 g/mol. The summed E-state index contributed by atoms with van der Waals surface area (Å²) >= 11 is 0. The Morgan fingerprint density at radius 2 is 0.839 bits per heavy atom. The Bertz CT molecular complexity index is 1560. The Hall–Kier alpha value is -3.83. The SMILES string of the molecule is CC(=O)Nc1ccc(CCN(C)C(C)COc2c(C)cccc2C)cc1.CC(=O)Nc1ccc(CCN(C)C(C)COc2c(C)cccc2C)cc1.Cl.Cl.Cl.O. The van der Waals surface area contributed by atoms with Crippen molar-refractivity contribution in [2.24, 2.45) is 0 Å². The second-order valence-corrected chi connectivity index (χ2v) is 14.0. The van der Waals surface area contributed by atoms with Crippen LogP contribution in [-0.4, -0.2) is 79.6 Å². The van der Waals surface area contributed by atoms with Gasteiger partial charge in [-0.05, 0) is 126 Å². The van der Waals surface area contributed by atoms with Crippen LogP contribution in [0.1, 0.15) is 61.1 Å². The number of hydrogen-bond donors (Lipinski definition) is 2. The first kappa shape index (κ1) is 54.3. The second kappa shape index (κ2) is 27.7. The number of hydrogen-bond acceptors (Lipinski definition) is 6. The summed E-state index contributed by atoms with van der Waals surface area (Å²) in [6.45, 7) is 19.0. The normalized spacial score (nSPS) is 11.2. The number of halogens is 3. The molecule has 0 spiro atoms. The summed E-state index contributed by atoms with van der Waals surface area (Å²) in [5, 5.41) is 5.58. The fourth-order valence-corrected chi connectivity index (χ4v) is 5.68. The van der Waals surface area contributed by atoms with Gasteiger partial charge in [0, 0.05) is 50.4 Å². The third-order valence-corrected chi connectivity index (χ3v) is 9.32. The number of carbonyl (C=O) groups is 2. The van der Waals surface area contributed by atoms with Gasteiger partial charge < -0.3 is 25.6 Å². The fourth-order valence-electron chi connectivity index (χ4n) is 5.68. The Labute approximate surface area is 354 Å². The zero-order valence-electron chi connectivity index (χ0n) is 34.7. The molecule has 0 aliphatic carbocycles. The molecule has 0 saturated heterocycles. The third kappa shape index (κ3) is 18.9. The van der Waals surface area contributed by atoms with E-state index in [1.807, 2.05) is 24.3 Å². The topological polar surface area (TPSA) is 115 Å². The summed E-state index contributed by atoms with van der Waals surface area (Å²) in [5.41, 5.74) is 8.91. The van der Waals surface area contributed by atoms with Crippen LogP contribution >= 0.6 is 37.2 Å². The van der Waals surface area contributed by atoms with Crippen LogP contribution < -0.4 is 20.1 Å². The summed E-state index contributed by atoms with van der Waals surface area (Å²) in [4.78, 5) is 26.8. The molecule has 2 unspecified atom stereocenters. The molecular formula is C44H65Cl3N4O5. The van der Waals surface area contributed by atoms with Crippen LogP contribution in [0.2, 0.25) is 0 Å². The van der Waals surface area contributed by atoms with Crippen molar-refractivity contribution in [1.29, 1.82) is 0 Å². The number of rotatable bonds is 16.